The molecule has 7 aromatic rings. The Hall–Kier alpha value is -6.12. The van der Waals surface area contributed by atoms with Crippen molar-refractivity contribution >= 4 is 62.0 Å². The smallest absolute Gasteiger partial charge is 0.0788 e. The van der Waals surface area contributed by atoms with E-state index in [1.165, 1.54) is 60.3 Å². The highest BCUT2D eigenvalue weighted by Crippen LogP contribution is 2.41. The molecule has 0 amide bonds. The van der Waals surface area contributed by atoms with Crippen LogP contribution in [0.15, 0.2) is 177 Å². The fourth-order valence-electron chi connectivity index (χ4n) is 7.32. The van der Waals surface area contributed by atoms with Gasteiger partial charge >= 0.3 is 0 Å². The Labute approximate surface area is 281 Å². The fraction of sp³-hybridized carbons (Fsp3) is 0.0435. The van der Waals surface area contributed by atoms with Crippen molar-refractivity contribution in [1.29, 1.82) is 0 Å². The molecule has 1 atom stereocenters. The summed E-state index contributed by atoms with van der Waals surface area (Å²) in [5.41, 5.74) is 10.9. The number of allylic oxidation sites excluding steroid dienone is 9. The Bertz CT molecular complexity index is 2500. The molecule has 0 saturated heterocycles. The number of rotatable bonds is 8. The molecule has 8 rings (SSSR count). The molecule has 1 aliphatic carbocycles. The average Bonchev–Trinajstić information content (AvgIpc) is 3.65. The van der Waals surface area contributed by atoms with Crippen LogP contribution in [0.2, 0.25) is 0 Å². The van der Waals surface area contributed by atoms with Crippen LogP contribution in [0.3, 0.4) is 0 Å². The maximum atomic E-state index is 4.22. The molecular formula is C46H36N2. The van der Waals surface area contributed by atoms with Gasteiger partial charge in [-0.3, -0.25) is 0 Å². The molecule has 2 heterocycles. The Morgan fingerprint density at radius 1 is 0.646 bits per heavy atom. The summed E-state index contributed by atoms with van der Waals surface area (Å²) in [4.78, 5) is 0. The Morgan fingerprint density at radius 2 is 1.35 bits per heavy atom. The average molecular weight is 617 g/mol. The molecule has 2 aromatic heterocycles. The first-order valence-electron chi connectivity index (χ1n) is 16.5. The zero-order valence-corrected chi connectivity index (χ0v) is 26.8. The van der Waals surface area contributed by atoms with Crippen LogP contribution >= 0.6 is 0 Å². The topological polar surface area (TPSA) is 9.86 Å². The van der Waals surface area contributed by atoms with E-state index in [9.17, 15) is 0 Å². The van der Waals surface area contributed by atoms with E-state index in [0.717, 1.165) is 17.7 Å². The van der Waals surface area contributed by atoms with Crippen LogP contribution in [-0.2, 0) is 0 Å². The molecule has 1 unspecified atom stereocenters. The lowest BCUT2D eigenvalue weighted by Crippen LogP contribution is -2.05. The lowest BCUT2D eigenvalue weighted by Gasteiger charge is -2.22. The van der Waals surface area contributed by atoms with Crippen molar-refractivity contribution in [3.63, 3.8) is 0 Å². The quantitative estimate of drug-likeness (QED) is 0.150. The summed E-state index contributed by atoms with van der Waals surface area (Å²) in [5, 5.41) is 4.96. The van der Waals surface area contributed by atoms with Gasteiger partial charge in [-0.2, -0.15) is 0 Å². The summed E-state index contributed by atoms with van der Waals surface area (Å²) in [5.74, 6) is 0.288. The monoisotopic (exact) mass is 616 g/mol. The third-order valence-electron chi connectivity index (χ3n) is 9.51. The summed E-state index contributed by atoms with van der Waals surface area (Å²) in [6, 6.07) is 39.5. The van der Waals surface area contributed by atoms with Crippen LogP contribution < -0.4 is 0 Å². The van der Waals surface area contributed by atoms with Crippen molar-refractivity contribution in [3.8, 4) is 5.69 Å². The van der Waals surface area contributed by atoms with Gasteiger partial charge in [-0.1, -0.05) is 153 Å². The van der Waals surface area contributed by atoms with Gasteiger partial charge < -0.3 is 9.13 Å². The van der Waals surface area contributed by atoms with Gasteiger partial charge in [0.15, 0.2) is 0 Å². The van der Waals surface area contributed by atoms with Gasteiger partial charge in [-0.25, -0.2) is 0 Å². The molecule has 48 heavy (non-hydrogen) atoms. The third-order valence-corrected chi connectivity index (χ3v) is 9.51. The highest BCUT2D eigenvalue weighted by molar-refractivity contribution is 6.23. The zero-order valence-electron chi connectivity index (χ0n) is 26.8. The highest BCUT2D eigenvalue weighted by Gasteiger charge is 2.20. The third kappa shape index (κ3) is 4.99. The van der Waals surface area contributed by atoms with Crippen molar-refractivity contribution in [2.75, 3.05) is 0 Å². The number of aromatic nitrogens is 2. The molecule has 5 aromatic carbocycles. The molecule has 230 valence electrons. The number of hydrogen-bond acceptors (Lipinski definition) is 0. The summed E-state index contributed by atoms with van der Waals surface area (Å²) in [7, 11) is 0. The van der Waals surface area contributed by atoms with Gasteiger partial charge in [-0.15, -0.1) is 0 Å². The van der Waals surface area contributed by atoms with Gasteiger partial charge in [-0.05, 0) is 59.0 Å². The molecule has 0 aliphatic heterocycles. The summed E-state index contributed by atoms with van der Waals surface area (Å²) >= 11 is 0. The summed E-state index contributed by atoms with van der Waals surface area (Å²) < 4.78 is 4.80. The van der Waals surface area contributed by atoms with E-state index >= 15 is 0 Å². The predicted octanol–water partition coefficient (Wildman–Crippen LogP) is 12.4. The van der Waals surface area contributed by atoms with E-state index in [1.54, 1.807) is 6.08 Å². The van der Waals surface area contributed by atoms with Gasteiger partial charge in [0, 0.05) is 39.4 Å². The number of benzene rings is 5. The van der Waals surface area contributed by atoms with E-state index in [4.69, 9.17) is 0 Å². The SMILES string of the molecule is C=C/C=C\C=C\c1ccc(-n2c3ccccc3c3ccc4c5ccccc5n(/C=C/C=C(\C=C)C5CC=Cc6ccccc65)c4c32)cc1. The minimum atomic E-state index is 0.288. The van der Waals surface area contributed by atoms with Crippen molar-refractivity contribution in [3.05, 3.63) is 193 Å². The van der Waals surface area contributed by atoms with Crippen molar-refractivity contribution in [2.24, 2.45) is 0 Å². The second kappa shape index (κ2) is 12.6. The molecule has 0 radical (unpaired) electrons. The molecule has 2 nitrogen and oxygen atoms in total. The fourth-order valence-corrected chi connectivity index (χ4v) is 7.32. The predicted molar refractivity (Wildman–Crippen MR) is 209 cm³/mol. The zero-order chi connectivity index (χ0) is 32.5. The minimum Gasteiger partial charge on any atom is -0.314 e. The van der Waals surface area contributed by atoms with Gasteiger partial charge in [0.2, 0.25) is 0 Å². The molecule has 1 aliphatic rings. The van der Waals surface area contributed by atoms with Crippen molar-refractivity contribution < 1.29 is 0 Å². The maximum absolute atomic E-state index is 4.22. The Balaban J connectivity index is 1.33. The lowest BCUT2D eigenvalue weighted by atomic mass is 9.82. The normalized spacial score (nSPS) is 15.2. The van der Waals surface area contributed by atoms with E-state index in [1.807, 2.05) is 24.3 Å². The Morgan fingerprint density at radius 3 is 2.15 bits per heavy atom. The van der Waals surface area contributed by atoms with Gasteiger partial charge in [0.05, 0.1) is 22.1 Å². The largest absolute Gasteiger partial charge is 0.314 e. The van der Waals surface area contributed by atoms with Crippen LogP contribution in [-0.4, -0.2) is 9.13 Å². The van der Waals surface area contributed by atoms with E-state index in [0.29, 0.717) is 0 Å². The number of hydrogen-bond donors (Lipinski definition) is 0. The van der Waals surface area contributed by atoms with Crippen LogP contribution in [0.25, 0.3) is 67.7 Å². The summed E-state index contributed by atoms with van der Waals surface area (Å²) in [6.45, 7) is 7.97. The van der Waals surface area contributed by atoms with Gasteiger partial charge in [0.1, 0.15) is 0 Å². The minimum absolute atomic E-state index is 0.288. The summed E-state index contributed by atoms with van der Waals surface area (Å²) in [6.07, 6.45) is 24.0. The van der Waals surface area contributed by atoms with Crippen LogP contribution in [0.5, 0.6) is 0 Å². The molecule has 0 bridgehead atoms. The van der Waals surface area contributed by atoms with Crippen LogP contribution in [0, 0.1) is 0 Å². The lowest BCUT2D eigenvalue weighted by molar-refractivity contribution is 0.819. The van der Waals surface area contributed by atoms with E-state index in [2.05, 4.69) is 168 Å². The first-order chi connectivity index (χ1) is 23.8. The molecular weight excluding hydrogens is 581 g/mol. The van der Waals surface area contributed by atoms with Crippen molar-refractivity contribution in [2.45, 2.75) is 12.3 Å². The molecule has 0 N–H and O–H groups in total. The van der Waals surface area contributed by atoms with Crippen LogP contribution in [0.1, 0.15) is 29.0 Å². The van der Waals surface area contributed by atoms with E-state index in [-0.39, 0.29) is 5.92 Å². The second-order valence-corrected chi connectivity index (χ2v) is 12.2. The molecule has 0 spiro atoms. The number of nitrogens with zero attached hydrogens (tertiary/aromatic N) is 2. The van der Waals surface area contributed by atoms with E-state index < -0.39 is 0 Å². The standard InChI is InChI=1S/C46H36N2/c1-3-5-6-7-16-33-26-28-36(29-27-33)48-44-25-13-11-22-40(44)42-31-30-41-39-21-10-12-24-43(39)47(45(41)46(42)48)32-15-19-34(4-2)37-23-14-18-35-17-8-9-20-38(35)37/h3-22,24-32,37H,1-2,23H2/b6-5-,16-7+,32-15+,34-19+. The maximum Gasteiger partial charge on any atom is 0.0788 e. The Kier molecular flexibility index (Phi) is 7.68. The highest BCUT2D eigenvalue weighted by atomic mass is 15.0. The van der Waals surface area contributed by atoms with Gasteiger partial charge in [0.25, 0.3) is 0 Å². The molecule has 2 heteroatoms. The number of para-hydroxylation sites is 2. The van der Waals surface area contributed by atoms with Crippen molar-refractivity contribution in [1.82, 2.24) is 9.13 Å². The van der Waals surface area contributed by atoms with Crippen LogP contribution in [0.4, 0.5) is 0 Å². The molecule has 0 saturated carbocycles. The first kappa shape index (κ1) is 29.3. The number of fused-ring (bicyclic) bond motifs is 8. The molecule has 0 fully saturated rings. The first-order valence-corrected chi connectivity index (χ1v) is 16.5. The second-order valence-electron chi connectivity index (χ2n) is 12.2.